The van der Waals surface area contributed by atoms with Crippen molar-refractivity contribution in [3.8, 4) is 0 Å². The Balaban J connectivity index is 1.99. The van der Waals surface area contributed by atoms with Crippen LogP contribution in [0.5, 0.6) is 0 Å². The van der Waals surface area contributed by atoms with Crippen LogP contribution in [0.3, 0.4) is 0 Å². The molecule has 1 aromatic heterocycles. The zero-order valence-corrected chi connectivity index (χ0v) is 12.4. The number of nitrogens with one attached hydrogen (secondary N) is 2. The molecule has 0 atom stereocenters. The summed E-state index contributed by atoms with van der Waals surface area (Å²) in [6.45, 7) is 6.62. The third-order valence-electron chi connectivity index (χ3n) is 4.01. The smallest absolute Gasteiger partial charge is 0.271 e. The van der Waals surface area contributed by atoms with E-state index in [4.69, 9.17) is 0 Å². The van der Waals surface area contributed by atoms with E-state index in [1.54, 1.807) is 6.07 Å². The molecule has 0 aliphatic carbocycles. The first kappa shape index (κ1) is 14.7. The van der Waals surface area contributed by atoms with Crippen LogP contribution in [0, 0.1) is 0 Å². The molecular formula is C14H23N5O. The topological polar surface area (TPSA) is 70.2 Å². The lowest BCUT2D eigenvalue weighted by Crippen LogP contribution is -2.50. The predicted octanol–water partition coefficient (Wildman–Crippen LogP) is 0.805. The van der Waals surface area contributed by atoms with E-state index in [-0.39, 0.29) is 11.4 Å². The number of hydrogen-bond acceptors (Lipinski definition) is 5. The normalized spacial score (nSPS) is 17.9. The van der Waals surface area contributed by atoms with Crippen molar-refractivity contribution >= 4 is 11.7 Å². The molecule has 0 bridgehead atoms. The van der Waals surface area contributed by atoms with E-state index in [0.717, 1.165) is 31.7 Å². The molecule has 0 spiro atoms. The minimum absolute atomic E-state index is 0.173. The average Bonchev–Trinajstić information content (AvgIpc) is 2.48. The maximum Gasteiger partial charge on any atom is 0.271 e. The van der Waals surface area contributed by atoms with Gasteiger partial charge in [0.15, 0.2) is 11.5 Å². The third kappa shape index (κ3) is 3.25. The molecule has 1 amide bonds. The van der Waals surface area contributed by atoms with Gasteiger partial charge < -0.3 is 15.5 Å². The van der Waals surface area contributed by atoms with Gasteiger partial charge in [-0.05, 0) is 45.9 Å². The molecule has 2 N–H and O–H groups in total. The number of carbonyl (C=O) groups excluding carboxylic acids is 1. The Kier molecular flexibility index (Phi) is 4.54. The fourth-order valence-corrected chi connectivity index (χ4v) is 2.35. The zero-order chi connectivity index (χ0) is 14.6. The highest BCUT2D eigenvalue weighted by atomic mass is 16.1. The van der Waals surface area contributed by atoms with Crippen LogP contribution in [0.1, 0.15) is 37.2 Å². The number of amides is 1. The lowest BCUT2D eigenvalue weighted by atomic mass is 9.90. The zero-order valence-electron chi connectivity index (χ0n) is 12.4. The fraction of sp³-hybridized carbons (Fsp3) is 0.643. The second-order valence-electron chi connectivity index (χ2n) is 5.43. The van der Waals surface area contributed by atoms with Gasteiger partial charge in [0.2, 0.25) is 0 Å². The van der Waals surface area contributed by atoms with Crippen LogP contribution in [0.25, 0.3) is 0 Å². The monoisotopic (exact) mass is 277 g/mol. The summed E-state index contributed by atoms with van der Waals surface area (Å²) in [5, 5.41) is 14.3. The van der Waals surface area contributed by atoms with Gasteiger partial charge >= 0.3 is 0 Å². The first-order valence-corrected chi connectivity index (χ1v) is 7.14. The number of nitrogens with zero attached hydrogens (tertiary/aromatic N) is 3. The van der Waals surface area contributed by atoms with Crippen molar-refractivity contribution in [1.29, 1.82) is 0 Å². The SMILES string of the molecule is CCNC(=O)c1ccc(N2CCC(C)(NC)CC2)nn1. The Morgan fingerprint density at radius 2 is 2.05 bits per heavy atom. The van der Waals surface area contributed by atoms with Crippen molar-refractivity contribution in [2.24, 2.45) is 0 Å². The van der Waals surface area contributed by atoms with Crippen molar-refractivity contribution < 1.29 is 4.79 Å². The second kappa shape index (κ2) is 6.17. The predicted molar refractivity (Wildman–Crippen MR) is 79.0 cm³/mol. The van der Waals surface area contributed by atoms with Crippen molar-refractivity contribution in [1.82, 2.24) is 20.8 Å². The highest BCUT2D eigenvalue weighted by molar-refractivity contribution is 5.92. The van der Waals surface area contributed by atoms with Gasteiger partial charge in [0.25, 0.3) is 5.91 Å². The summed E-state index contributed by atoms with van der Waals surface area (Å²) in [4.78, 5) is 13.8. The van der Waals surface area contributed by atoms with E-state index in [1.807, 2.05) is 20.0 Å². The van der Waals surface area contributed by atoms with Crippen LogP contribution in [0.4, 0.5) is 5.82 Å². The van der Waals surface area contributed by atoms with E-state index in [2.05, 4.69) is 32.7 Å². The van der Waals surface area contributed by atoms with Gasteiger partial charge in [-0.1, -0.05) is 0 Å². The first-order chi connectivity index (χ1) is 9.58. The van der Waals surface area contributed by atoms with Gasteiger partial charge in [0.05, 0.1) is 0 Å². The van der Waals surface area contributed by atoms with E-state index >= 15 is 0 Å². The van der Waals surface area contributed by atoms with Crippen molar-refractivity contribution in [3.63, 3.8) is 0 Å². The summed E-state index contributed by atoms with van der Waals surface area (Å²) in [5.74, 6) is 0.671. The molecule has 6 nitrogen and oxygen atoms in total. The third-order valence-corrected chi connectivity index (χ3v) is 4.01. The van der Waals surface area contributed by atoms with E-state index in [0.29, 0.717) is 12.2 Å². The number of aromatic nitrogens is 2. The van der Waals surface area contributed by atoms with Gasteiger partial charge in [0.1, 0.15) is 0 Å². The largest absolute Gasteiger partial charge is 0.355 e. The summed E-state index contributed by atoms with van der Waals surface area (Å²) in [5.41, 5.74) is 0.581. The molecule has 6 heteroatoms. The van der Waals surface area contributed by atoms with Gasteiger partial charge in [-0.3, -0.25) is 4.79 Å². The minimum Gasteiger partial charge on any atom is -0.355 e. The van der Waals surface area contributed by atoms with Gasteiger partial charge in [-0.15, -0.1) is 10.2 Å². The van der Waals surface area contributed by atoms with Gasteiger partial charge in [-0.25, -0.2) is 0 Å². The maximum absolute atomic E-state index is 11.6. The summed E-state index contributed by atoms with van der Waals surface area (Å²) in [6.07, 6.45) is 2.15. The van der Waals surface area contributed by atoms with Crippen LogP contribution in [-0.4, -0.2) is 48.3 Å². The molecule has 0 aromatic carbocycles. The van der Waals surface area contributed by atoms with E-state index < -0.39 is 0 Å². The average molecular weight is 277 g/mol. The van der Waals surface area contributed by atoms with Crippen LogP contribution in [-0.2, 0) is 0 Å². The standard InChI is InChI=1S/C14H23N5O/c1-4-16-13(20)11-5-6-12(18-17-11)19-9-7-14(2,15-3)8-10-19/h5-6,15H,4,7-10H2,1-3H3,(H,16,20). The van der Waals surface area contributed by atoms with Crippen LogP contribution in [0.15, 0.2) is 12.1 Å². The maximum atomic E-state index is 11.6. The van der Waals surface area contributed by atoms with Gasteiger partial charge in [-0.2, -0.15) is 0 Å². The summed E-state index contributed by atoms with van der Waals surface area (Å²) in [6, 6.07) is 3.61. The molecule has 2 heterocycles. The Bertz CT molecular complexity index is 451. The molecule has 1 saturated heterocycles. The lowest BCUT2D eigenvalue weighted by Gasteiger charge is -2.39. The number of anilines is 1. The minimum atomic E-state index is -0.173. The molecule has 20 heavy (non-hydrogen) atoms. The Hall–Kier alpha value is -1.69. The van der Waals surface area contributed by atoms with Crippen molar-refractivity contribution in [2.45, 2.75) is 32.2 Å². The Morgan fingerprint density at radius 1 is 1.35 bits per heavy atom. The Labute approximate surface area is 120 Å². The number of piperidine rings is 1. The number of hydrogen-bond donors (Lipinski definition) is 2. The highest BCUT2D eigenvalue weighted by Crippen LogP contribution is 2.24. The van der Waals surface area contributed by atoms with E-state index in [1.165, 1.54) is 0 Å². The highest BCUT2D eigenvalue weighted by Gasteiger charge is 2.28. The van der Waals surface area contributed by atoms with Crippen molar-refractivity contribution in [3.05, 3.63) is 17.8 Å². The molecule has 2 rings (SSSR count). The quantitative estimate of drug-likeness (QED) is 0.852. The Morgan fingerprint density at radius 3 is 2.55 bits per heavy atom. The molecule has 1 fully saturated rings. The first-order valence-electron chi connectivity index (χ1n) is 7.14. The van der Waals surface area contributed by atoms with Gasteiger partial charge in [0, 0.05) is 25.2 Å². The lowest BCUT2D eigenvalue weighted by molar-refractivity contribution is 0.0950. The number of rotatable bonds is 4. The molecule has 1 aliphatic heterocycles. The molecule has 0 unspecified atom stereocenters. The molecular weight excluding hydrogens is 254 g/mol. The van der Waals surface area contributed by atoms with E-state index in [9.17, 15) is 4.79 Å². The summed E-state index contributed by atoms with van der Waals surface area (Å²) >= 11 is 0. The molecule has 0 saturated carbocycles. The fourth-order valence-electron chi connectivity index (χ4n) is 2.35. The molecule has 110 valence electrons. The summed E-state index contributed by atoms with van der Waals surface area (Å²) < 4.78 is 0. The van der Waals surface area contributed by atoms with Crippen LogP contribution < -0.4 is 15.5 Å². The number of carbonyl (C=O) groups is 1. The molecule has 0 radical (unpaired) electrons. The molecule has 1 aliphatic rings. The van der Waals surface area contributed by atoms with Crippen molar-refractivity contribution in [2.75, 3.05) is 31.6 Å². The van der Waals surface area contributed by atoms with Crippen LogP contribution >= 0.6 is 0 Å². The second-order valence-corrected chi connectivity index (χ2v) is 5.43. The summed E-state index contributed by atoms with van der Waals surface area (Å²) in [7, 11) is 2.01. The van der Waals surface area contributed by atoms with Crippen LogP contribution in [0.2, 0.25) is 0 Å². The molecule has 1 aromatic rings.